The molecule has 0 aromatic carbocycles. The molecule has 0 fully saturated rings. The van der Waals surface area contributed by atoms with Crippen molar-refractivity contribution >= 4 is 28.9 Å². The number of methoxy groups -OCH3 is 1. The Kier molecular flexibility index (Phi) is 3.87. The normalized spacial score (nSPS) is 9.25. The fourth-order valence-electron chi connectivity index (χ4n) is 0.699. The van der Waals surface area contributed by atoms with Crippen molar-refractivity contribution in [3.63, 3.8) is 0 Å². The van der Waals surface area contributed by atoms with E-state index in [9.17, 15) is 4.79 Å². The molecule has 0 N–H and O–H groups in total. The molecule has 12 heavy (non-hydrogen) atoms. The predicted molar refractivity (Wildman–Crippen MR) is 40.5 cm³/mol. The van der Waals surface area contributed by atoms with Gasteiger partial charge in [0.2, 0.25) is 0 Å². The molecule has 62 valence electrons. The van der Waals surface area contributed by atoms with Crippen LogP contribution in [0.5, 0.6) is 0 Å². The van der Waals surface area contributed by atoms with Crippen LogP contribution < -0.4 is 3.07 Å². The van der Waals surface area contributed by atoms with Crippen LogP contribution in [0.3, 0.4) is 0 Å². The Morgan fingerprint density at radius 3 is 2.83 bits per heavy atom. The van der Waals surface area contributed by atoms with E-state index in [0.717, 1.165) is 3.07 Å². The van der Waals surface area contributed by atoms with E-state index in [1.807, 2.05) is 0 Å². The molecule has 0 atom stereocenters. The molecule has 0 saturated heterocycles. The summed E-state index contributed by atoms with van der Waals surface area (Å²) in [6.45, 7) is 0. The SMILES string of the molecule is COC(=O)c1c[c]([Hg][Cl])c(Cl)o1. The summed E-state index contributed by atoms with van der Waals surface area (Å²) in [6.07, 6.45) is 0. The minimum atomic E-state index is -1.59. The van der Waals surface area contributed by atoms with Crippen LogP contribution in [0.25, 0.3) is 0 Å². The molecule has 0 bridgehead atoms. The third-order valence-electron chi connectivity index (χ3n) is 1.29. The van der Waals surface area contributed by atoms with Gasteiger partial charge in [0.05, 0.1) is 0 Å². The summed E-state index contributed by atoms with van der Waals surface area (Å²) < 4.78 is 10.2. The minimum absolute atomic E-state index is 0.123. The van der Waals surface area contributed by atoms with Crippen LogP contribution in [0.15, 0.2) is 10.5 Å². The van der Waals surface area contributed by atoms with Crippen LogP contribution in [0, 0.1) is 0 Å². The Morgan fingerprint density at radius 1 is 1.75 bits per heavy atom. The van der Waals surface area contributed by atoms with Gasteiger partial charge < -0.3 is 0 Å². The molecular formula is C6H4Cl2HgO3. The van der Waals surface area contributed by atoms with Gasteiger partial charge in [0.15, 0.2) is 0 Å². The van der Waals surface area contributed by atoms with Crippen molar-refractivity contribution < 1.29 is 37.3 Å². The Hall–Kier alpha value is 0.265. The number of hydrogen-bond acceptors (Lipinski definition) is 3. The Bertz CT molecular complexity index is 297. The van der Waals surface area contributed by atoms with Crippen LogP contribution in [0.1, 0.15) is 10.6 Å². The topological polar surface area (TPSA) is 39.4 Å². The van der Waals surface area contributed by atoms with Crippen molar-refractivity contribution in [2.75, 3.05) is 7.11 Å². The summed E-state index contributed by atoms with van der Waals surface area (Å²) in [5.74, 6) is -0.403. The van der Waals surface area contributed by atoms with E-state index in [0.29, 0.717) is 0 Å². The van der Waals surface area contributed by atoms with Crippen molar-refractivity contribution in [1.29, 1.82) is 0 Å². The van der Waals surface area contributed by atoms with Crippen molar-refractivity contribution in [2.24, 2.45) is 0 Å². The number of ether oxygens (including phenoxy) is 1. The van der Waals surface area contributed by atoms with Gasteiger partial charge in [0, 0.05) is 0 Å². The van der Waals surface area contributed by atoms with Crippen LogP contribution >= 0.6 is 19.9 Å². The van der Waals surface area contributed by atoms with E-state index < -0.39 is 29.3 Å². The number of carbonyl (C=O) groups is 1. The zero-order valence-electron chi connectivity index (χ0n) is 6.27. The van der Waals surface area contributed by atoms with E-state index in [1.165, 1.54) is 7.11 Å². The Balaban J connectivity index is 2.96. The molecule has 3 nitrogen and oxygen atoms in total. The molecule has 1 heterocycles. The molecule has 1 rings (SSSR count). The average molecular weight is 396 g/mol. The van der Waals surface area contributed by atoms with Crippen LogP contribution in [0.4, 0.5) is 0 Å². The maximum atomic E-state index is 10.9. The monoisotopic (exact) mass is 396 g/mol. The van der Waals surface area contributed by atoms with Crippen molar-refractivity contribution in [3.05, 3.63) is 17.0 Å². The van der Waals surface area contributed by atoms with Gasteiger partial charge in [-0.2, -0.15) is 0 Å². The molecule has 0 radical (unpaired) electrons. The average Bonchev–Trinajstić information content (AvgIpc) is 2.45. The van der Waals surface area contributed by atoms with Gasteiger partial charge in [0.1, 0.15) is 0 Å². The standard InChI is InChI=1S/C6H4ClO3.ClH.Hg/c1-9-6(8)4-2-3-5(7)10-4;;/h2H,1H3;1H;/q;;+1/p-1. The molecule has 6 heteroatoms. The third-order valence-corrected chi connectivity index (χ3v) is 8.17. The van der Waals surface area contributed by atoms with E-state index in [2.05, 4.69) is 4.74 Å². The van der Waals surface area contributed by atoms with Gasteiger partial charge >= 0.3 is 90.3 Å². The molecule has 0 spiro atoms. The molecule has 0 saturated carbocycles. The summed E-state index contributed by atoms with van der Waals surface area (Å²) in [5, 5.41) is 0.229. The maximum absolute atomic E-state index is 10.9. The van der Waals surface area contributed by atoms with Gasteiger partial charge in [-0.05, 0) is 0 Å². The predicted octanol–water partition coefficient (Wildman–Crippen LogP) is 1.58. The van der Waals surface area contributed by atoms with Gasteiger partial charge in [-0.1, -0.05) is 0 Å². The summed E-state index contributed by atoms with van der Waals surface area (Å²) >= 11 is 4.05. The van der Waals surface area contributed by atoms with Crippen molar-refractivity contribution in [1.82, 2.24) is 0 Å². The molecule has 1 aromatic rings. The number of furan rings is 1. The first-order chi connectivity index (χ1) is 5.69. The van der Waals surface area contributed by atoms with Gasteiger partial charge in [0.25, 0.3) is 0 Å². The first kappa shape index (κ1) is 10.3. The van der Waals surface area contributed by atoms with Crippen LogP contribution in [0.2, 0.25) is 5.22 Å². The van der Waals surface area contributed by atoms with E-state index in [1.54, 1.807) is 6.07 Å². The second-order valence-corrected chi connectivity index (χ2v) is 8.72. The zero-order valence-corrected chi connectivity index (χ0v) is 13.3. The van der Waals surface area contributed by atoms with E-state index in [-0.39, 0.29) is 11.0 Å². The van der Waals surface area contributed by atoms with Crippen LogP contribution in [-0.4, -0.2) is 13.1 Å². The van der Waals surface area contributed by atoms with Gasteiger partial charge in [-0.15, -0.1) is 0 Å². The fraction of sp³-hybridized carbons (Fsp3) is 0.167. The number of esters is 1. The number of rotatable bonds is 2. The number of halogens is 2. The second kappa shape index (κ2) is 4.49. The summed E-state index contributed by atoms with van der Waals surface area (Å²) in [6, 6.07) is 1.56. The Labute approximate surface area is 89.8 Å². The van der Waals surface area contributed by atoms with Gasteiger partial charge in [-0.25, -0.2) is 0 Å². The number of hydrogen-bond donors (Lipinski definition) is 0. The first-order valence-electron chi connectivity index (χ1n) is 3.11. The first-order valence-corrected chi connectivity index (χ1v) is 13.0. The quantitative estimate of drug-likeness (QED) is 0.564. The zero-order chi connectivity index (χ0) is 9.14. The van der Waals surface area contributed by atoms with E-state index >= 15 is 0 Å². The fourth-order valence-corrected chi connectivity index (χ4v) is 5.47. The number of carbonyl (C=O) groups excluding carboxylic acids is 1. The van der Waals surface area contributed by atoms with Gasteiger partial charge in [-0.3, -0.25) is 0 Å². The molecule has 1 aromatic heterocycles. The van der Waals surface area contributed by atoms with Crippen molar-refractivity contribution in [3.8, 4) is 0 Å². The van der Waals surface area contributed by atoms with Crippen LogP contribution in [-0.2, 0) is 28.1 Å². The molecule has 0 unspecified atom stereocenters. The third kappa shape index (κ3) is 2.15. The molecule has 0 aliphatic heterocycles. The summed E-state index contributed by atoms with van der Waals surface area (Å²) in [7, 11) is 7.00. The second-order valence-electron chi connectivity index (χ2n) is 2.03. The summed E-state index contributed by atoms with van der Waals surface area (Å²) in [5.41, 5.74) is 0. The van der Waals surface area contributed by atoms with E-state index in [4.69, 9.17) is 24.3 Å². The Morgan fingerprint density at radius 2 is 2.42 bits per heavy atom. The molecule has 0 amide bonds. The van der Waals surface area contributed by atoms with Crippen molar-refractivity contribution in [2.45, 2.75) is 0 Å². The molecule has 0 aliphatic rings. The molecule has 0 aliphatic carbocycles. The summed E-state index contributed by atoms with van der Waals surface area (Å²) in [4.78, 5) is 10.9. The molecular weight excluding hydrogens is 392 g/mol.